The summed E-state index contributed by atoms with van der Waals surface area (Å²) in [6.07, 6.45) is 5.90. The molecule has 3 nitrogen and oxygen atoms in total. The smallest absolute Gasteiger partial charge is 0.329 e. The maximum atomic E-state index is 12.6. The van der Waals surface area contributed by atoms with Crippen LogP contribution in [0.3, 0.4) is 0 Å². The normalized spacial score (nSPS) is 17.8. The van der Waals surface area contributed by atoms with Gasteiger partial charge in [0, 0.05) is 5.69 Å². The topological polar surface area (TPSA) is 38.3 Å². The molecule has 1 saturated carbocycles. The van der Waals surface area contributed by atoms with E-state index in [0.29, 0.717) is 5.92 Å². The summed E-state index contributed by atoms with van der Waals surface area (Å²) >= 11 is 0. The largest absolute Gasteiger partial charge is 0.458 e. The molecule has 0 heterocycles. The van der Waals surface area contributed by atoms with E-state index in [4.69, 9.17) is 4.74 Å². The van der Waals surface area contributed by atoms with Crippen molar-refractivity contribution in [2.24, 2.45) is 5.92 Å². The number of hydrogen-bond acceptors (Lipinski definition) is 3. The third kappa shape index (κ3) is 5.04. The molecule has 1 atom stereocenters. The van der Waals surface area contributed by atoms with Crippen LogP contribution in [0.2, 0.25) is 0 Å². The molecule has 0 radical (unpaired) electrons. The van der Waals surface area contributed by atoms with Gasteiger partial charge in [0.15, 0.2) is 0 Å². The Hall–Kier alpha value is -1.51. The van der Waals surface area contributed by atoms with Gasteiger partial charge >= 0.3 is 5.97 Å². The Kier molecular flexibility index (Phi) is 5.49. The number of ether oxygens (including phenoxy) is 1. The van der Waals surface area contributed by atoms with Crippen LogP contribution in [0.4, 0.5) is 5.69 Å². The Balaban J connectivity index is 2.13. The van der Waals surface area contributed by atoms with Crippen molar-refractivity contribution in [1.82, 2.24) is 0 Å². The van der Waals surface area contributed by atoms with Crippen molar-refractivity contribution in [3.63, 3.8) is 0 Å². The van der Waals surface area contributed by atoms with Crippen LogP contribution < -0.4 is 5.32 Å². The van der Waals surface area contributed by atoms with Crippen molar-refractivity contribution >= 4 is 11.7 Å². The van der Waals surface area contributed by atoms with Crippen LogP contribution in [0.5, 0.6) is 0 Å². The predicted molar refractivity (Wildman–Crippen MR) is 91.0 cm³/mol. The molecule has 0 aromatic heterocycles. The second kappa shape index (κ2) is 7.17. The predicted octanol–water partition coefficient (Wildman–Crippen LogP) is 4.70. The molecule has 0 aliphatic heterocycles. The third-order valence-corrected chi connectivity index (χ3v) is 4.16. The summed E-state index contributed by atoms with van der Waals surface area (Å²) in [5, 5.41) is 3.42. The molecule has 0 saturated heterocycles. The molecular weight excluding hydrogens is 274 g/mol. The zero-order chi connectivity index (χ0) is 16.2. The lowest BCUT2D eigenvalue weighted by Crippen LogP contribution is -2.42. The number of esters is 1. The highest BCUT2D eigenvalue weighted by molar-refractivity contribution is 5.80. The van der Waals surface area contributed by atoms with Gasteiger partial charge < -0.3 is 10.1 Å². The van der Waals surface area contributed by atoms with Crippen molar-refractivity contribution in [2.75, 3.05) is 5.32 Å². The first-order chi connectivity index (χ1) is 10.3. The molecule has 1 fully saturated rings. The Labute approximate surface area is 134 Å². The van der Waals surface area contributed by atoms with Gasteiger partial charge in [-0.15, -0.1) is 0 Å². The van der Waals surface area contributed by atoms with E-state index < -0.39 is 5.60 Å². The highest BCUT2D eigenvalue weighted by Crippen LogP contribution is 2.29. The fourth-order valence-electron chi connectivity index (χ4n) is 3.03. The summed E-state index contributed by atoms with van der Waals surface area (Å²) in [4.78, 5) is 12.6. The zero-order valence-corrected chi connectivity index (χ0v) is 14.3. The van der Waals surface area contributed by atoms with Gasteiger partial charge in [-0.25, -0.2) is 4.79 Å². The van der Waals surface area contributed by atoms with Gasteiger partial charge in [-0.2, -0.15) is 0 Å². The van der Waals surface area contributed by atoms with E-state index in [0.717, 1.165) is 18.5 Å². The maximum absolute atomic E-state index is 12.6. The van der Waals surface area contributed by atoms with E-state index in [-0.39, 0.29) is 12.0 Å². The summed E-state index contributed by atoms with van der Waals surface area (Å²) in [7, 11) is 0. The van der Waals surface area contributed by atoms with Crippen molar-refractivity contribution in [1.29, 1.82) is 0 Å². The van der Waals surface area contributed by atoms with Crippen molar-refractivity contribution < 1.29 is 9.53 Å². The van der Waals surface area contributed by atoms with Gasteiger partial charge in [0.05, 0.1) is 0 Å². The molecular formula is C19H29NO2. The van der Waals surface area contributed by atoms with Crippen LogP contribution in [0, 0.1) is 12.8 Å². The standard InChI is InChI=1S/C19H29NO2/c1-14-10-12-16(13-11-14)20-17(15-8-6-5-7-9-15)18(21)22-19(2,3)4/h10-13,15,17,20H,5-9H2,1-4H3. The number of anilines is 1. The lowest BCUT2D eigenvalue weighted by Gasteiger charge is -2.32. The Bertz CT molecular complexity index is 481. The minimum Gasteiger partial charge on any atom is -0.458 e. The number of carbonyl (C=O) groups is 1. The van der Waals surface area contributed by atoms with Gasteiger partial charge in [0.1, 0.15) is 11.6 Å². The minimum atomic E-state index is -0.445. The first-order valence-corrected chi connectivity index (χ1v) is 8.41. The Morgan fingerprint density at radius 3 is 2.27 bits per heavy atom. The van der Waals surface area contributed by atoms with Crippen molar-refractivity contribution in [3.8, 4) is 0 Å². The van der Waals surface area contributed by atoms with E-state index in [1.165, 1.54) is 24.8 Å². The van der Waals surface area contributed by atoms with Gasteiger partial charge in [0.25, 0.3) is 0 Å². The second-order valence-electron chi connectivity index (χ2n) is 7.42. The van der Waals surface area contributed by atoms with E-state index in [2.05, 4.69) is 24.4 Å². The van der Waals surface area contributed by atoms with Crippen LogP contribution >= 0.6 is 0 Å². The van der Waals surface area contributed by atoms with Gasteiger partial charge in [0.2, 0.25) is 0 Å². The molecule has 1 N–H and O–H groups in total. The van der Waals surface area contributed by atoms with E-state index in [1.54, 1.807) is 0 Å². The fourth-order valence-corrected chi connectivity index (χ4v) is 3.03. The summed E-state index contributed by atoms with van der Waals surface area (Å²) in [6, 6.07) is 7.96. The van der Waals surface area contributed by atoms with E-state index in [1.807, 2.05) is 32.9 Å². The van der Waals surface area contributed by atoms with Crippen LogP contribution in [0.1, 0.15) is 58.4 Å². The molecule has 122 valence electrons. The molecule has 0 amide bonds. The number of aryl methyl sites for hydroxylation is 1. The molecule has 1 aromatic carbocycles. The highest BCUT2D eigenvalue weighted by Gasteiger charge is 2.33. The van der Waals surface area contributed by atoms with E-state index >= 15 is 0 Å². The summed E-state index contributed by atoms with van der Waals surface area (Å²) in [5.41, 5.74) is 1.77. The number of carbonyl (C=O) groups excluding carboxylic acids is 1. The first-order valence-electron chi connectivity index (χ1n) is 8.41. The molecule has 1 aliphatic rings. The number of rotatable bonds is 4. The molecule has 1 aliphatic carbocycles. The molecule has 1 aromatic rings. The SMILES string of the molecule is Cc1ccc(NC(C(=O)OC(C)(C)C)C2CCCCC2)cc1. The lowest BCUT2D eigenvalue weighted by atomic mass is 9.83. The molecule has 0 bridgehead atoms. The number of hydrogen-bond donors (Lipinski definition) is 1. The Morgan fingerprint density at radius 1 is 1.14 bits per heavy atom. The average molecular weight is 303 g/mol. The summed E-state index contributed by atoms with van der Waals surface area (Å²) in [6.45, 7) is 7.84. The zero-order valence-electron chi connectivity index (χ0n) is 14.3. The lowest BCUT2D eigenvalue weighted by molar-refractivity contribution is -0.157. The maximum Gasteiger partial charge on any atom is 0.329 e. The monoisotopic (exact) mass is 303 g/mol. The molecule has 3 heteroatoms. The van der Waals surface area contributed by atoms with Gasteiger partial charge in [-0.05, 0) is 58.6 Å². The van der Waals surface area contributed by atoms with Crippen LogP contribution in [0.15, 0.2) is 24.3 Å². The van der Waals surface area contributed by atoms with Crippen molar-refractivity contribution in [3.05, 3.63) is 29.8 Å². The van der Waals surface area contributed by atoms with Crippen LogP contribution in [-0.4, -0.2) is 17.6 Å². The number of benzene rings is 1. The first kappa shape index (κ1) is 16.9. The van der Waals surface area contributed by atoms with Gasteiger partial charge in [-0.3, -0.25) is 0 Å². The molecule has 2 rings (SSSR count). The molecule has 0 spiro atoms. The summed E-state index contributed by atoms with van der Waals surface area (Å²) in [5.74, 6) is 0.241. The average Bonchev–Trinajstić information content (AvgIpc) is 2.45. The van der Waals surface area contributed by atoms with Crippen LogP contribution in [-0.2, 0) is 9.53 Å². The van der Waals surface area contributed by atoms with E-state index in [9.17, 15) is 4.79 Å². The molecule has 1 unspecified atom stereocenters. The highest BCUT2D eigenvalue weighted by atomic mass is 16.6. The second-order valence-corrected chi connectivity index (χ2v) is 7.42. The molecule has 22 heavy (non-hydrogen) atoms. The Morgan fingerprint density at radius 2 is 1.73 bits per heavy atom. The van der Waals surface area contributed by atoms with Crippen molar-refractivity contribution in [2.45, 2.75) is 71.4 Å². The van der Waals surface area contributed by atoms with Gasteiger partial charge in [-0.1, -0.05) is 37.0 Å². The third-order valence-electron chi connectivity index (χ3n) is 4.16. The quantitative estimate of drug-likeness (QED) is 0.820. The van der Waals surface area contributed by atoms with Crippen LogP contribution in [0.25, 0.3) is 0 Å². The summed E-state index contributed by atoms with van der Waals surface area (Å²) < 4.78 is 5.65. The fraction of sp³-hybridized carbons (Fsp3) is 0.632. The minimum absolute atomic E-state index is 0.125. The number of nitrogens with one attached hydrogen (secondary N) is 1.